The number of amides is 1. The third-order valence-corrected chi connectivity index (χ3v) is 5.87. The van der Waals surface area contributed by atoms with Gasteiger partial charge in [0.1, 0.15) is 12.1 Å². The van der Waals surface area contributed by atoms with Gasteiger partial charge in [-0.1, -0.05) is 30.3 Å². The van der Waals surface area contributed by atoms with E-state index in [0.29, 0.717) is 32.2 Å². The summed E-state index contributed by atoms with van der Waals surface area (Å²) in [4.78, 5) is 52.3. The van der Waals surface area contributed by atoms with Crippen LogP contribution in [0, 0.1) is 0 Å². The third-order valence-electron chi connectivity index (χ3n) is 5.87. The van der Waals surface area contributed by atoms with Crippen molar-refractivity contribution in [2.24, 2.45) is 0 Å². The van der Waals surface area contributed by atoms with Crippen LogP contribution in [0.15, 0.2) is 30.3 Å². The Kier molecular flexibility index (Phi) is 12.2. The normalized spacial score (nSPS) is 16.9. The highest BCUT2D eigenvalue weighted by molar-refractivity contribution is 5.89. The highest BCUT2D eigenvalue weighted by Gasteiger charge is 2.39. The number of esters is 3. The van der Waals surface area contributed by atoms with Crippen molar-refractivity contribution in [3.8, 4) is 0 Å². The molecular formula is C26H38N2O7. The number of hydrogen-bond acceptors (Lipinski definition) is 8. The molecule has 1 unspecified atom stereocenters. The van der Waals surface area contributed by atoms with Crippen molar-refractivity contribution in [3.05, 3.63) is 35.9 Å². The van der Waals surface area contributed by atoms with Gasteiger partial charge in [0.15, 0.2) is 0 Å². The minimum atomic E-state index is -0.861. The standard InChI is InChI=1S/C26H38N2O7/c1-4-33-23(29)17-16-20(24(30)28-18-10-13-22(28)26(32)35-6-3)27-21(25(31)34-5-2)15-14-19-11-8-7-9-12-19/h7-9,11-12,20-22,27H,4-6,10,13-18H2,1-3H3/t20-,21?,22-/m0/s1. The Labute approximate surface area is 207 Å². The number of ether oxygens (including phenoxy) is 3. The van der Waals surface area contributed by atoms with E-state index in [1.807, 2.05) is 30.3 Å². The zero-order valence-electron chi connectivity index (χ0n) is 21.0. The van der Waals surface area contributed by atoms with Crippen LogP contribution in [-0.2, 0) is 39.8 Å². The lowest BCUT2D eigenvalue weighted by molar-refractivity contribution is -0.154. The van der Waals surface area contributed by atoms with E-state index in [0.717, 1.165) is 5.56 Å². The van der Waals surface area contributed by atoms with E-state index in [-0.39, 0.29) is 38.6 Å². The molecule has 0 spiro atoms. The number of carbonyl (C=O) groups excluding carboxylic acids is 4. The fraction of sp³-hybridized carbons (Fsp3) is 0.615. The van der Waals surface area contributed by atoms with E-state index in [1.165, 1.54) is 4.90 Å². The summed E-state index contributed by atoms with van der Waals surface area (Å²) in [5, 5.41) is 3.15. The van der Waals surface area contributed by atoms with Crippen LogP contribution < -0.4 is 5.32 Å². The second kappa shape index (κ2) is 15.1. The van der Waals surface area contributed by atoms with Crippen molar-refractivity contribution in [2.75, 3.05) is 26.4 Å². The predicted molar refractivity (Wildman–Crippen MR) is 129 cm³/mol. The zero-order valence-corrected chi connectivity index (χ0v) is 21.0. The van der Waals surface area contributed by atoms with Gasteiger partial charge in [-0.15, -0.1) is 0 Å². The number of nitrogens with zero attached hydrogens (tertiary/aromatic N) is 1. The van der Waals surface area contributed by atoms with Gasteiger partial charge < -0.3 is 19.1 Å². The Morgan fingerprint density at radius 3 is 2.29 bits per heavy atom. The summed E-state index contributed by atoms with van der Waals surface area (Å²) in [7, 11) is 0. The van der Waals surface area contributed by atoms with E-state index < -0.39 is 36.0 Å². The highest BCUT2D eigenvalue weighted by Crippen LogP contribution is 2.21. The molecule has 2 rings (SSSR count). The van der Waals surface area contributed by atoms with Crippen molar-refractivity contribution in [1.29, 1.82) is 0 Å². The molecule has 1 fully saturated rings. The fourth-order valence-electron chi connectivity index (χ4n) is 4.20. The Hall–Kier alpha value is -2.94. The maximum atomic E-state index is 13.6. The monoisotopic (exact) mass is 490 g/mol. The molecule has 35 heavy (non-hydrogen) atoms. The van der Waals surface area contributed by atoms with Gasteiger partial charge in [-0.05, 0) is 58.4 Å². The van der Waals surface area contributed by atoms with Gasteiger partial charge in [0.05, 0.1) is 25.9 Å². The fourth-order valence-corrected chi connectivity index (χ4v) is 4.20. The number of likely N-dealkylation sites (tertiary alicyclic amines) is 1. The van der Waals surface area contributed by atoms with E-state index >= 15 is 0 Å². The summed E-state index contributed by atoms with van der Waals surface area (Å²) in [6.07, 6.45) is 2.34. The van der Waals surface area contributed by atoms with Crippen LogP contribution in [0.5, 0.6) is 0 Å². The SMILES string of the molecule is CCOC(=O)CC[C@H](NC(CCc1ccccc1)C(=O)OCC)C(=O)N1CCC[C@H]1C(=O)OCC. The second-order valence-corrected chi connectivity index (χ2v) is 8.33. The molecule has 0 saturated carbocycles. The molecule has 194 valence electrons. The third kappa shape index (κ3) is 8.98. The molecule has 1 saturated heterocycles. The van der Waals surface area contributed by atoms with Crippen LogP contribution in [0.3, 0.4) is 0 Å². The van der Waals surface area contributed by atoms with E-state index in [1.54, 1.807) is 20.8 Å². The molecule has 1 N–H and O–H groups in total. The number of rotatable bonds is 14. The van der Waals surface area contributed by atoms with E-state index in [9.17, 15) is 19.2 Å². The van der Waals surface area contributed by atoms with E-state index in [4.69, 9.17) is 14.2 Å². The number of carbonyl (C=O) groups is 4. The largest absolute Gasteiger partial charge is 0.466 e. The van der Waals surface area contributed by atoms with Crippen LogP contribution in [0.1, 0.15) is 58.4 Å². The molecule has 9 heteroatoms. The van der Waals surface area contributed by atoms with Crippen LogP contribution in [0.2, 0.25) is 0 Å². The van der Waals surface area contributed by atoms with Crippen molar-refractivity contribution < 1.29 is 33.4 Å². The lowest BCUT2D eigenvalue weighted by atomic mass is 10.0. The molecule has 3 atom stereocenters. The minimum Gasteiger partial charge on any atom is -0.466 e. The summed E-state index contributed by atoms with van der Waals surface area (Å²) >= 11 is 0. The first kappa shape index (κ1) is 28.3. The number of nitrogens with one attached hydrogen (secondary N) is 1. The van der Waals surface area contributed by atoms with E-state index in [2.05, 4.69) is 5.32 Å². The van der Waals surface area contributed by atoms with Crippen LogP contribution in [0.4, 0.5) is 0 Å². The van der Waals surface area contributed by atoms with Gasteiger partial charge in [-0.2, -0.15) is 0 Å². The first-order chi connectivity index (χ1) is 16.9. The molecule has 0 aromatic heterocycles. The molecule has 0 bridgehead atoms. The molecule has 1 aromatic rings. The molecule has 0 radical (unpaired) electrons. The van der Waals surface area contributed by atoms with Crippen molar-refractivity contribution >= 4 is 23.8 Å². The minimum absolute atomic E-state index is 0.00336. The quantitative estimate of drug-likeness (QED) is 0.313. The Morgan fingerprint density at radius 1 is 0.943 bits per heavy atom. The summed E-state index contributed by atoms with van der Waals surface area (Å²) in [6.45, 7) is 6.25. The summed E-state index contributed by atoms with van der Waals surface area (Å²) < 4.78 is 15.4. The van der Waals surface area contributed by atoms with Crippen LogP contribution >= 0.6 is 0 Å². The van der Waals surface area contributed by atoms with Gasteiger partial charge in [-0.25, -0.2) is 4.79 Å². The molecule has 0 aliphatic carbocycles. The summed E-state index contributed by atoms with van der Waals surface area (Å²) in [6, 6.07) is 7.44. The van der Waals surface area contributed by atoms with Gasteiger partial charge in [0.25, 0.3) is 0 Å². The average molecular weight is 491 g/mol. The smallest absolute Gasteiger partial charge is 0.328 e. The molecule has 1 aromatic carbocycles. The highest BCUT2D eigenvalue weighted by atomic mass is 16.5. The molecule has 9 nitrogen and oxygen atoms in total. The maximum Gasteiger partial charge on any atom is 0.328 e. The maximum absolute atomic E-state index is 13.6. The van der Waals surface area contributed by atoms with Crippen molar-refractivity contribution in [1.82, 2.24) is 10.2 Å². The zero-order chi connectivity index (χ0) is 25.6. The molecule has 1 aliphatic heterocycles. The summed E-state index contributed by atoms with van der Waals surface area (Å²) in [5.74, 6) is -1.65. The lowest BCUT2D eigenvalue weighted by Gasteiger charge is -2.30. The Morgan fingerprint density at radius 2 is 1.63 bits per heavy atom. The number of hydrogen-bond donors (Lipinski definition) is 1. The Bertz CT molecular complexity index is 830. The van der Waals surface area contributed by atoms with Crippen molar-refractivity contribution in [2.45, 2.75) is 77.4 Å². The van der Waals surface area contributed by atoms with Gasteiger partial charge in [-0.3, -0.25) is 19.7 Å². The van der Waals surface area contributed by atoms with Gasteiger partial charge in [0.2, 0.25) is 5.91 Å². The van der Waals surface area contributed by atoms with Gasteiger partial charge >= 0.3 is 17.9 Å². The number of benzene rings is 1. The van der Waals surface area contributed by atoms with Crippen LogP contribution in [-0.4, -0.2) is 73.2 Å². The molecular weight excluding hydrogens is 452 g/mol. The van der Waals surface area contributed by atoms with Crippen molar-refractivity contribution in [3.63, 3.8) is 0 Å². The first-order valence-electron chi connectivity index (χ1n) is 12.5. The lowest BCUT2D eigenvalue weighted by Crippen LogP contribution is -2.54. The summed E-state index contributed by atoms with van der Waals surface area (Å²) in [5.41, 5.74) is 1.06. The second-order valence-electron chi connectivity index (χ2n) is 8.33. The first-order valence-corrected chi connectivity index (χ1v) is 12.5. The number of aryl methyl sites for hydroxylation is 1. The molecule has 1 aliphatic rings. The topological polar surface area (TPSA) is 111 Å². The van der Waals surface area contributed by atoms with Crippen LogP contribution in [0.25, 0.3) is 0 Å². The predicted octanol–water partition coefficient (Wildman–Crippen LogP) is 2.41. The Balaban J connectivity index is 2.21. The molecule has 1 heterocycles. The van der Waals surface area contributed by atoms with Gasteiger partial charge in [0, 0.05) is 13.0 Å². The average Bonchev–Trinajstić information content (AvgIpc) is 3.34. The molecule has 1 amide bonds.